The van der Waals surface area contributed by atoms with Crippen LogP contribution >= 0.6 is 11.3 Å². The van der Waals surface area contributed by atoms with Gasteiger partial charge in [-0.1, -0.05) is 11.8 Å². The monoisotopic (exact) mass is 288 g/mol. The summed E-state index contributed by atoms with van der Waals surface area (Å²) >= 11 is 1.55. The molecule has 0 aliphatic rings. The Balaban J connectivity index is 1.97. The van der Waals surface area contributed by atoms with Crippen molar-refractivity contribution < 1.29 is 9.90 Å². The second-order valence-electron chi connectivity index (χ2n) is 4.34. The van der Waals surface area contributed by atoms with Gasteiger partial charge in [0.2, 0.25) is 0 Å². The lowest BCUT2D eigenvalue weighted by Gasteiger charge is -2.15. The van der Waals surface area contributed by atoms with E-state index in [4.69, 9.17) is 5.11 Å². The summed E-state index contributed by atoms with van der Waals surface area (Å²) in [7, 11) is 1.78. The number of amides is 1. The smallest absolute Gasteiger partial charge is 0.270 e. The zero-order valence-electron chi connectivity index (χ0n) is 11.2. The van der Waals surface area contributed by atoms with Crippen molar-refractivity contribution in [3.8, 4) is 11.8 Å². The number of aliphatic hydroxyl groups excluding tert-OH is 1. The number of hydrogen-bond donors (Lipinski definition) is 2. The number of rotatable bonds is 4. The van der Waals surface area contributed by atoms with Gasteiger partial charge in [-0.3, -0.25) is 4.79 Å². The van der Waals surface area contributed by atoms with Gasteiger partial charge in [0.05, 0.1) is 11.5 Å². The number of carbonyl (C=O) groups excluding carboxylic acids is 1. The van der Waals surface area contributed by atoms with Crippen molar-refractivity contribution in [3.05, 3.63) is 45.9 Å². The van der Waals surface area contributed by atoms with E-state index in [1.54, 1.807) is 41.6 Å². The van der Waals surface area contributed by atoms with E-state index in [0.29, 0.717) is 18.7 Å². The fourth-order valence-electron chi connectivity index (χ4n) is 1.74. The lowest BCUT2D eigenvalue weighted by atomic mass is 10.2. The van der Waals surface area contributed by atoms with E-state index in [1.165, 1.54) is 0 Å². The lowest BCUT2D eigenvalue weighted by molar-refractivity contribution is 0.0780. The number of thiophene rings is 1. The van der Waals surface area contributed by atoms with Gasteiger partial charge in [-0.25, -0.2) is 0 Å². The lowest BCUT2D eigenvalue weighted by Crippen LogP contribution is -2.26. The third-order valence-electron chi connectivity index (χ3n) is 2.70. The largest absolute Gasteiger partial charge is 0.395 e. The molecule has 4 nitrogen and oxygen atoms in total. The molecule has 2 rings (SSSR count). The van der Waals surface area contributed by atoms with Crippen molar-refractivity contribution in [2.24, 2.45) is 0 Å². The summed E-state index contributed by atoms with van der Waals surface area (Å²) in [6, 6.07) is 5.55. The molecule has 2 aromatic heterocycles. The van der Waals surface area contributed by atoms with E-state index < -0.39 is 0 Å². The highest BCUT2D eigenvalue weighted by Crippen LogP contribution is 2.16. The zero-order chi connectivity index (χ0) is 14.4. The standard InChI is InChI=1S/C15H16N2O2S/c1-17(15(19)14-6-4-7-16-14)10-12-9-13(20-11-12)5-2-3-8-18/h4,6-7,9,11,16,18H,3,8,10H2,1H3. The number of nitrogens with zero attached hydrogens (tertiary/aromatic N) is 1. The molecule has 2 N–H and O–H groups in total. The topological polar surface area (TPSA) is 56.3 Å². The Kier molecular flexibility index (Phi) is 4.99. The maximum atomic E-state index is 12.1. The first-order valence-corrected chi connectivity index (χ1v) is 7.14. The molecule has 0 aliphatic carbocycles. The van der Waals surface area contributed by atoms with Gasteiger partial charge in [-0.2, -0.15) is 0 Å². The van der Waals surface area contributed by atoms with Crippen molar-refractivity contribution in [1.29, 1.82) is 0 Å². The molecule has 0 spiro atoms. The number of aromatic nitrogens is 1. The highest BCUT2D eigenvalue weighted by molar-refractivity contribution is 7.10. The van der Waals surface area contributed by atoms with Gasteiger partial charge in [0.15, 0.2) is 0 Å². The van der Waals surface area contributed by atoms with Crippen LogP contribution in [0.3, 0.4) is 0 Å². The van der Waals surface area contributed by atoms with Crippen LogP contribution in [0, 0.1) is 11.8 Å². The van der Waals surface area contributed by atoms with Crippen LogP contribution in [0.2, 0.25) is 0 Å². The van der Waals surface area contributed by atoms with Crippen LogP contribution in [0.1, 0.15) is 27.3 Å². The quantitative estimate of drug-likeness (QED) is 0.846. The number of aliphatic hydroxyl groups is 1. The molecule has 0 saturated carbocycles. The molecule has 2 aromatic rings. The summed E-state index contributed by atoms with van der Waals surface area (Å²) < 4.78 is 0. The Hall–Kier alpha value is -2.03. The second-order valence-corrected chi connectivity index (χ2v) is 5.25. The van der Waals surface area contributed by atoms with E-state index in [-0.39, 0.29) is 12.5 Å². The normalized spacial score (nSPS) is 9.90. The first-order valence-electron chi connectivity index (χ1n) is 6.26. The third kappa shape index (κ3) is 3.73. The Bertz CT molecular complexity index is 620. The van der Waals surface area contributed by atoms with Gasteiger partial charge in [0.25, 0.3) is 5.91 Å². The summed E-state index contributed by atoms with van der Waals surface area (Å²) in [5, 5.41) is 10.7. The molecule has 0 aliphatic heterocycles. The number of aromatic amines is 1. The van der Waals surface area contributed by atoms with E-state index in [2.05, 4.69) is 16.8 Å². The van der Waals surface area contributed by atoms with Gasteiger partial charge in [0, 0.05) is 26.2 Å². The summed E-state index contributed by atoms with van der Waals surface area (Å²) in [5.74, 6) is 5.85. The van der Waals surface area contributed by atoms with Crippen LogP contribution in [0.15, 0.2) is 29.8 Å². The van der Waals surface area contributed by atoms with Crippen LogP contribution in [0.5, 0.6) is 0 Å². The number of H-pyrrole nitrogens is 1. The van der Waals surface area contributed by atoms with Crippen molar-refractivity contribution >= 4 is 17.2 Å². The van der Waals surface area contributed by atoms with Crippen molar-refractivity contribution in [2.75, 3.05) is 13.7 Å². The Morgan fingerprint density at radius 1 is 1.55 bits per heavy atom. The highest BCUT2D eigenvalue weighted by atomic mass is 32.1. The van der Waals surface area contributed by atoms with Crippen LogP contribution < -0.4 is 0 Å². The Labute approximate surface area is 122 Å². The number of nitrogens with one attached hydrogen (secondary N) is 1. The van der Waals surface area contributed by atoms with E-state index in [1.807, 2.05) is 11.4 Å². The Morgan fingerprint density at radius 2 is 2.40 bits per heavy atom. The van der Waals surface area contributed by atoms with Gasteiger partial charge in [0.1, 0.15) is 5.69 Å². The molecule has 0 bridgehead atoms. The fraction of sp³-hybridized carbons (Fsp3) is 0.267. The molecule has 20 heavy (non-hydrogen) atoms. The molecular weight excluding hydrogens is 272 g/mol. The average Bonchev–Trinajstić information content (AvgIpc) is 3.09. The molecule has 5 heteroatoms. The Morgan fingerprint density at radius 3 is 3.10 bits per heavy atom. The van der Waals surface area contributed by atoms with Crippen LogP contribution in [-0.2, 0) is 6.54 Å². The average molecular weight is 288 g/mol. The highest BCUT2D eigenvalue weighted by Gasteiger charge is 2.12. The van der Waals surface area contributed by atoms with E-state index in [0.717, 1.165) is 10.4 Å². The summed E-state index contributed by atoms with van der Waals surface area (Å²) in [5.41, 5.74) is 1.65. The maximum absolute atomic E-state index is 12.1. The predicted molar refractivity (Wildman–Crippen MR) is 79.5 cm³/mol. The number of hydrogen-bond acceptors (Lipinski definition) is 3. The van der Waals surface area contributed by atoms with Crippen LogP contribution in [0.25, 0.3) is 0 Å². The van der Waals surface area contributed by atoms with Gasteiger partial charge >= 0.3 is 0 Å². The first-order chi connectivity index (χ1) is 9.70. The summed E-state index contributed by atoms with van der Waals surface area (Å²) in [6.07, 6.45) is 2.22. The minimum Gasteiger partial charge on any atom is -0.395 e. The van der Waals surface area contributed by atoms with Gasteiger partial charge < -0.3 is 15.0 Å². The molecule has 104 valence electrons. The molecule has 1 amide bonds. The van der Waals surface area contributed by atoms with Crippen LogP contribution in [-0.4, -0.2) is 34.6 Å². The molecule has 0 fully saturated rings. The van der Waals surface area contributed by atoms with E-state index in [9.17, 15) is 4.79 Å². The summed E-state index contributed by atoms with van der Waals surface area (Å²) in [4.78, 5) is 17.6. The predicted octanol–water partition coefficient (Wildman–Crippen LogP) is 2.08. The zero-order valence-corrected chi connectivity index (χ0v) is 12.0. The molecular formula is C15H16N2O2S. The summed E-state index contributed by atoms with van der Waals surface area (Å²) in [6.45, 7) is 0.634. The SMILES string of the molecule is CN(Cc1csc(C#CCCO)c1)C(=O)c1ccc[nH]1. The molecule has 0 aromatic carbocycles. The van der Waals surface area contributed by atoms with Crippen molar-refractivity contribution in [3.63, 3.8) is 0 Å². The van der Waals surface area contributed by atoms with Crippen LogP contribution in [0.4, 0.5) is 0 Å². The fourth-order valence-corrected chi connectivity index (χ4v) is 2.52. The molecule has 0 saturated heterocycles. The minimum atomic E-state index is -0.0332. The molecule has 0 unspecified atom stereocenters. The maximum Gasteiger partial charge on any atom is 0.270 e. The molecule has 2 heterocycles. The number of carbonyl (C=O) groups is 1. The van der Waals surface area contributed by atoms with E-state index >= 15 is 0 Å². The van der Waals surface area contributed by atoms with Gasteiger partial charge in [-0.15, -0.1) is 11.3 Å². The first kappa shape index (κ1) is 14.4. The minimum absolute atomic E-state index is 0.0332. The molecule has 0 atom stereocenters. The van der Waals surface area contributed by atoms with Gasteiger partial charge in [-0.05, 0) is 29.1 Å². The van der Waals surface area contributed by atoms with Crippen molar-refractivity contribution in [2.45, 2.75) is 13.0 Å². The molecule has 0 radical (unpaired) electrons. The van der Waals surface area contributed by atoms with Crippen molar-refractivity contribution in [1.82, 2.24) is 9.88 Å². The second kappa shape index (κ2) is 6.94. The third-order valence-corrected chi connectivity index (χ3v) is 3.59.